The minimum absolute atomic E-state index is 1.28. The van der Waals surface area contributed by atoms with Crippen LogP contribution < -0.4 is 0 Å². The van der Waals surface area contributed by atoms with E-state index < -0.39 is 0 Å². The fourth-order valence-electron chi connectivity index (χ4n) is 1.26. The summed E-state index contributed by atoms with van der Waals surface area (Å²) >= 11 is 4.44. The molecule has 0 nitrogen and oxygen atoms in total. The third-order valence-corrected chi connectivity index (χ3v) is 1.88. The Morgan fingerprint density at radius 3 is 1.14 bits per heavy atom. The number of benzene rings is 2. The monoisotopic (exact) mass is 217 g/mol. The van der Waals surface area contributed by atoms with Gasteiger partial charge in [0.25, 0.3) is 0 Å². The Bertz CT molecular complexity index is 308. The molecular weight excluding hydrogens is 208 g/mol. The van der Waals surface area contributed by atoms with Gasteiger partial charge in [-0.25, -0.2) is 0 Å². The van der Waals surface area contributed by atoms with Gasteiger partial charge in [0.05, 0.1) is 0 Å². The van der Waals surface area contributed by atoms with Crippen molar-refractivity contribution in [2.24, 2.45) is 0 Å². The third-order valence-electron chi connectivity index (χ3n) is 1.88. The molecule has 0 N–H and O–H groups in total. The van der Waals surface area contributed by atoms with Crippen LogP contribution in [0.2, 0.25) is 0 Å². The van der Waals surface area contributed by atoms with Crippen LogP contribution in [0, 0.1) is 0 Å². The Morgan fingerprint density at radius 1 is 0.571 bits per heavy atom. The Kier molecular flexibility index (Phi) is 5.05. The Balaban J connectivity index is 0.000000461. The van der Waals surface area contributed by atoms with E-state index in [1.807, 2.05) is 12.1 Å². The lowest BCUT2D eigenvalue weighted by Gasteiger charge is -1.98. The first-order valence-electron chi connectivity index (χ1n) is 4.26. The van der Waals surface area contributed by atoms with Crippen molar-refractivity contribution in [3.05, 3.63) is 60.7 Å². The number of hydrogen-bond donors (Lipinski definition) is 0. The molecule has 0 aliphatic heterocycles. The van der Waals surface area contributed by atoms with Gasteiger partial charge in [-0.2, -0.15) is 11.1 Å². The Labute approximate surface area is 92.7 Å². The van der Waals surface area contributed by atoms with E-state index in [1.54, 1.807) is 0 Å². The molecule has 0 bridgehead atoms. The molecular formula is C12H10ClSi. The van der Waals surface area contributed by atoms with Gasteiger partial charge >= 0.3 is 0 Å². The average Bonchev–Trinajstić information content (AvgIpc) is 2.34. The predicted octanol–water partition coefficient (Wildman–Crippen LogP) is 3.66. The number of hydrogen-bond acceptors (Lipinski definition) is 0. The second-order valence-corrected chi connectivity index (χ2v) is 2.73. The summed E-state index contributed by atoms with van der Waals surface area (Å²) in [6, 6.07) is 20.8. The van der Waals surface area contributed by atoms with Crippen molar-refractivity contribution in [2.75, 3.05) is 0 Å². The van der Waals surface area contributed by atoms with Crippen LogP contribution in [-0.4, -0.2) is 9.55 Å². The van der Waals surface area contributed by atoms with Crippen molar-refractivity contribution in [3.8, 4) is 11.1 Å². The van der Waals surface area contributed by atoms with Crippen LogP contribution in [0.1, 0.15) is 0 Å². The highest BCUT2D eigenvalue weighted by molar-refractivity contribution is 6.80. The van der Waals surface area contributed by atoms with E-state index in [0.29, 0.717) is 0 Å². The minimum Gasteiger partial charge on any atom is -0.174 e. The van der Waals surface area contributed by atoms with Gasteiger partial charge in [-0.1, -0.05) is 60.7 Å². The van der Waals surface area contributed by atoms with Crippen LogP contribution in [0.3, 0.4) is 0 Å². The summed E-state index contributed by atoms with van der Waals surface area (Å²) in [5.74, 6) is 0. The first-order chi connectivity index (χ1) is 6.97. The normalized spacial score (nSPS) is 8.71. The largest absolute Gasteiger partial charge is 0.174 e. The Hall–Kier alpha value is -1.05. The predicted molar refractivity (Wildman–Crippen MR) is 63.5 cm³/mol. The first kappa shape index (κ1) is 11.0. The highest BCUT2D eigenvalue weighted by Gasteiger charge is 1.91. The van der Waals surface area contributed by atoms with E-state index in [0.717, 1.165) is 0 Å². The zero-order valence-electron chi connectivity index (χ0n) is 7.65. The lowest BCUT2D eigenvalue weighted by molar-refractivity contribution is 1.62. The molecule has 0 spiro atoms. The molecule has 0 aliphatic rings. The maximum atomic E-state index is 4.44. The van der Waals surface area contributed by atoms with Crippen molar-refractivity contribution in [3.63, 3.8) is 0 Å². The standard InChI is InChI=1S/C12H10.ClSi/c1-3-7-11(8-4-1)12-9-5-2-6-10-12;1-2/h1-10H;. The van der Waals surface area contributed by atoms with E-state index in [4.69, 9.17) is 0 Å². The molecule has 2 rings (SSSR count). The van der Waals surface area contributed by atoms with Gasteiger partial charge in [-0.3, -0.25) is 0 Å². The van der Waals surface area contributed by atoms with Gasteiger partial charge in [0.15, 0.2) is 9.55 Å². The molecule has 0 fully saturated rings. The summed E-state index contributed by atoms with van der Waals surface area (Å²) in [7, 11) is 2.44. The van der Waals surface area contributed by atoms with Crippen molar-refractivity contribution < 1.29 is 0 Å². The van der Waals surface area contributed by atoms with Gasteiger partial charge < -0.3 is 0 Å². The van der Waals surface area contributed by atoms with Crippen LogP contribution in [0.5, 0.6) is 0 Å². The summed E-state index contributed by atoms with van der Waals surface area (Å²) in [5.41, 5.74) is 2.55. The van der Waals surface area contributed by atoms with Crippen LogP contribution in [0.4, 0.5) is 0 Å². The van der Waals surface area contributed by atoms with Crippen LogP contribution in [-0.2, 0) is 0 Å². The van der Waals surface area contributed by atoms with Gasteiger partial charge in [0, 0.05) is 0 Å². The van der Waals surface area contributed by atoms with Crippen molar-refractivity contribution in [2.45, 2.75) is 0 Å². The average molecular weight is 218 g/mol. The molecule has 0 saturated carbocycles. The highest BCUT2D eigenvalue weighted by Crippen LogP contribution is 2.17. The summed E-state index contributed by atoms with van der Waals surface area (Å²) in [6.45, 7) is 0. The number of halogens is 1. The quantitative estimate of drug-likeness (QED) is 0.505. The lowest BCUT2D eigenvalue weighted by atomic mass is 10.1. The SMILES string of the molecule is [Si]Cl.c1ccc(-c2ccccc2)cc1. The molecule has 2 heteroatoms. The molecule has 2 aromatic rings. The molecule has 0 aliphatic carbocycles. The molecule has 0 aromatic heterocycles. The van der Waals surface area contributed by atoms with Gasteiger partial charge in [-0.15, -0.1) is 0 Å². The van der Waals surface area contributed by atoms with Crippen LogP contribution in [0.15, 0.2) is 60.7 Å². The summed E-state index contributed by atoms with van der Waals surface area (Å²) in [5, 5.41) is 0. The van der Waals surface area contributed by atoms with Crippen molar-refractivity contribution in [1.29, 1.82) is 0 Å². The molecule has 3 radical (unpaired) electrons. The van der Waals surface area contributed by atoms with Gasteiger partial charge in [0.1, 0.15) is 0 Å². The van der Waals surface area contributed by atoms with Gasteiger partial charge in [-0.05, 0) is 11.1 Å². The van der Waals surface area contributed by atoms with Crippen LogP contribution >= 0.6 is 11.1 Å². The van der Waals surface area contributed by atoms with E-state index in [1.165, 1.54) is 11.1 Å². The first-order valence-corrected chi connectivity index (χ1v) is 5.77. The van der Waals surface area contributed by atoms with E-state index >= 15 is 0 Å². The number of rotatable bonds is 1. The minimum atomic E-state index is 1.28. The van der Waals surface area contributed by atoms with E-state index in [-0.39, 0.29) is 0 Å². The fourth-order valence-corrected chi connectivity index (χ4v) is 1.26. The molecule has 0 amide bonds. The lowest BCUT2D eigenvalue weighted by Crippen LogP contribution is -1.73. The second kappa shape index (κ2) is 6.41. The smallest absolute Gasteiger partial charge is 0.174 e. The highest BCUT2D eigenvalue weighted by atomic mass is 35.6. The zero-order chi connectivity index (χ0) is 10.2. The molecule has 0 unspecified atom stereocenters. The zero-order valence-corrected chi connectivity index (χ0v) is 9.41. The van der Waals surface area contributed by atoms with Gasteiger partial charge in [0.2, 0.25) is 0 Å². The third kappa shape index (κ3) is 3.02. The summed E-state index contributed by atoms with van der Waals surface area (Å²) < 4.78 is 0. The van der Waals surface area contributed by atoms with E-state index in [9.17, 15) is 0 Å². The van der Waals surface area contributed by atoms with Crippen molar-refractivity contribution >= 4 is 20.6 Å². The molecule has 0 atom stereocenters. The van der Waals surface area contributed by atoms with Crippen LogP contribution in [0.25, 0.3) is 11.1 Å². The molecule has 0 heterocycles. The molecule has 14 heavy (non-hydrogen) atoms. The maximum absolute atomic E-state index is 4.44. The topological polar surface area (TPSA) is 0 Å². The summed E-state index contributed by atoms with van der Waals surface area (Å²) in [4.78, 5) is 0. The second-order valence-electron chi connectivity index (χ2n) is 2.73. The molecule has 2 aromatic carbocycles. The fraction of sp³-hybridized carbons (Fsp3) is 0. The molecule has 69 valence electrons. The maximum Gasteiger partial charge on any atom is 0.174 e. The summed E-state index contributed by atoms with van der Waals surface area (Å²) in [6.07, 6.45) is 0. The van der Waals surface area contributed by atoms with Crippen molar-refractivity contribution in [1.82, 2.24) is 0 Å². The Morgan fingerprint density at radius 2 is 0.857 bits per heavy atom. The molecule has 0 saturated heterocycles. The van der Waals surface area contributed by atoms with E-state index in [2.05, 4.69) is 69.2 Å².